The van der Waals surface area contributed by atoms with E-state index in [0.717, 1.165) is 5.69 Å². The number of fused-ring (bicyclic) bond motifs is 1. The van der Waals surface area contributed by atoms with Crippen LogP contribution in [0.15, 0.2) is 58.4 Å². The van der Waals surface area contributed by atoms with Crippen molar-refractivity contribution in [1.82, 2.24) is 18.5 Å². The van der Waals surface area contributed by atoms with Crippen LogP contribution in [0.25, 0.3) is 5.65 Å². The Balaban J connectivity index is 1.40. The van der Waals surface area contributed by atoms with Gasteiger partial charge in [-0.2, -0.15) is 4.31 Å². The largest absolute Gasteiger partial charge is 0.383 e. The van der Waals surface area contributed by atoms with Gasteiger partial charge in [0.2, 0.25) is 10.0 Å². The molecule has 0 amide bonds. The van der Waals surface area contributed by atoms with E-state index in [0.29, 0.717) is 31.8 Å². The van der Waals surface area contributed by atoms with Gasteiger partial charge in [-0.25, -0.2) is 17.9 Å². The van der Waals surface area contributed by atoms with Crippen LogP contribution in [-0.4, -0.2) is 58.7 Å². The average Bonchev–Trinajstić information content (AvgIpc) is 3.04. The maximum Gasteiger partial charge on any atom is 0.350 e. The minimum absolute atomic E-state index is 0.132. The third-order valence-electron chi connectivity index (χ3n) is 5.02. The van der Waals surface area contributed by atoms with Crippen LogP contribution < -0.4 is 11.0 Å². The summed E-state index contributed by atoms with van der Waals surface area (Å²) in [6.07, 6.45) is 1.42. The number of pyridine rings is 1. The predicted octanol–water partition coefficient (Wildman–Crippen LogP) is 1.41. The van der Waals surface area contributed by atoms with E-state index in [1.165, 1.54) is 13.4 Å². The number of rotatable bonds is 6. The number of hydrogen-bond acceptors (Lipinski definition) is 6. The quantitative estimate of drug-likeness (QED) is 0.634. The van der Waals surface area contributed by atoms with Crippen molar-refractivity contribution in [3.8, 4) is 0 Å². The Hall–Kier alpha value is -2.69. The van der Waals surface area contributed by atoms with Crippen LogP contribution in [-0.2, 0) is 21.3 Å². The van der Waals surface area contributed by atoms with E-state index in [2.05, 4.69) is 10.4 Å². The molecule has 10 heteroatoms. The van der Waals surface area contributed by atoms with Crippen LogP contribution in [0.5, 0.6) is 0 Å². The van der Waals surface area contributed by atoms with Crippen molar-refractivity contribution in [2.24, 2.45) is 0 Å². The monoisotopic (exact) mass is 431 g/mol. The van der Waals surface area contributed by atoms with Crippen LogP contribution in [0.4, 0.5) is 5.69 Å². The number of nitrogens with zero attached hydrogens (tertiary/aromatic N) is 4. The van der Waals surface area contributed by atoms with Crippen molar-refractivity contribution in [1.29, 1.82) is 0 Å². The Morgan fingerprint density at radius 3 is 2.47 bits per heavy atom. The summed E-state index contributed by atoms with van der Waals surface area (Å²) >= 11 is 0. The van der Waals surface area contributed by atoms with Crippen molar-refractivity contribution in [3.05, 3.63) is 59.1 Å². The normalized spacial score (nSPS) is 20.5. The number of hydrogen-bond donors (Lipinski definition) is 1. The first-order chi connectivity index (χ1) is 14.3. The second kappa shape index (κ2) is 8.21. The fourth-order valence-corrected chi connectivity index (χ4v) is 5.23. The molecule has 1 aromatic carbocycles. The Bertz CT molecular complexity index is 1180. The summed E-state index contributed by atoms with van der Waals surface area (Å²) in [7, 11) is -3.56. The van der Waals surface area contributed by atoms with Crippen LogP contribution in [0, 0.1) is 0 Å². The molecular formula is C20H25N5O4S. The first kappa shape index (κ1) is 20.6. The molecule has 1 N–H and O–H groups in total. The summed E-state index contributed by atoms with van der Waals surface area (Å²) in [6, 6.07) is 12.0. The highest BCUT2D eigenvalue weighted by molar-refractivity contribution is 7.89. The van der Waals surface area contributed by atoms with E-state index in [1.807, 2.05) is 19.9 Å². The number of nitrogens with one attached hydrogen (secondary N) is 1. The zero-order valence-electron chi connectivity index (χ0n) is 16.9. The topological polar surface area (TPSA) is 97.9 Å². The van der Waals surface area contributed by atoms with Gasteiger partial charge in [0.15, 0.2) is 5.65 Å². The van der Waals surface area contributed by atoms with E-state index in [1.54, 1.807) is 42.6 Å². The first-order valence-electron chi connectivity index (χ1n) is 9.88. The van der Waals surface area contributed by atoms with Gasteiger partial charge >= 0.3 is 5.69 Å². The maximum absolute atomic E-state index is 12.9. The van der Waals surface area contributed by atoms with Gasteiger partial charge in [-0.15, -0.1) is 5.10 Å². The molecule has 2 aromatic heterocycles. The number of aromatic nitrogens is 3. The highest BCUT2D eigenvalue weighted by Crippen LogP contribution is 2.22. The van der Waals surface area contributed by atoms with Gasteiger partial charge in [-0.3, -0.25) is 4.40 Å². The van der Waals surface area contributed by atoms with Gasteiger partial charge in [0, 0.05) is 31.5 Å². The number of benzene rings is 1. The van der Waals surface area contributed by atoms with Gasteiger partial charge in [0.25, 0.3) is 0 Å². The fourth-order valence-electron chi connectivity index (χ4n) is 3.64. The molecule has 160 valence electrons. The molecule has 0 saturated carbocycles. The summed E-state index contributed by atoms with van der Waals surface area (Å²) in [5, 5.41) is 7.49. The first-order valence-corrected chi connectivity index (χ1v) is 11.3. The molecule has 9 nitrogen and oxygen atoms in total. The number of sulfonamides is 1. The predicted molar refractivity (Wildman–Crippen MR) is 113 cm³/mol. The molecule has 1 aliphatic heterocycles. The molecule has 0 aliphatic carbocycles. The van der Waals surface area contributed by atoms with E-state index < -0.39 is 10.0 Å². The lowest BCUT2D eigenvalue weighted by molar-refractivity contribution is -0.0440. The Morgan fingerprint density at radius 2 is 1.80 bits per heavy atom. The summed E-state index contributed by atoms with van der Waals surface area (Å²) in [5.41, 5.74) is 1.18. The third-order valence-corrected chi connectivity index (χ3v) is 6.87. The second-order valence-electron chi connectivity index (χ2n) is 7.47. The third kappa shape index (κ3) is 4.11. The number of ether oxygens (including phenoxy) is 1. The summed E-state index contributed by atoms with van der Waals surface area (Å²) < 4.78 is 35.8. The molecule has 0 radical (unpaired) electrons. The van der Waals surface area contributed by atoms with E-state index in [9.17, 15) is 13.2 Å². The van der Waals surface area contributed by atoms with Crippen molar-refractivity contribution in [2.75, 3.05) is 25.0 Å². The summed E-state index contributed by atoms with van der Waals surface area (Å²) in [6.45, 7) is 5.32. The lowest BCUT2D eigenvalue weighted by atomic mass is 10.3. The number of anilines is 1. The summed E-state index contributed by atoms with van der Waals surface area (Å²) in [4.78, 5) is 12.5. The highest BCUT2D eigenvalue weighted by atomic mass is 32.2. The molecule has 0 spiro atoms. The van der Waals surface area contributed by atoms with Crippen molar-refractivity contribution in [3.63, 3.8) is 0 Å². The number of morpholine rings is 1. The zero-order valence-corrected chi connectivity index (χ0v) is 17.7. The van der Waals surface area contributed by atoms with Gasteiger partial charge in [-0.1, -0.05) is 6.07 Å². The zero-order chi connectivity index (χ0) is 21.3. The second-order valence-corrected chi connectivity index (χ2v) is 9.40. The average molecular weight is 432 g/mol. The molecule has 4 rings (SSSR count). The van der Waals surface area contributed by atoms with E-state index in [-0.39, 0.29) is 22.8 Å². The molecule has 1 aliphatic rings. The Kier molecular flexibility index (Phi) is 5.63. The van der Waals surface area contributed by atoms with E-state index in [4.69, 9.17) is 4.74 Å². The van der Waals surface area contributed by atoms with Crippen LogP contribution in [0.1, 0.15) is 13.8 Å². The standard InChI is InChI=1S/C20H25N5O4S/c1-15-13-23(14-16(2)29-15)30(27,28)18-8-6-17(7-9-18)21-10-12-25-20(26)24-11-4-3-5-19(24)22-25/h3-9,11,15-16,21H,10,12-14H2,1-2H3. The minimum Gasteiger partial charge on any atom is -0.383 e. The molecule has 1 fully saturated rings. The van der Waals surface area contributed by atoms with Crippen LogP contribution >= 0.6 is 0 Å². The lowest BCUT2D eigenvalue weighted by Gasteiger charge is -2.34. The van der Waals surface area contributed by atoms with E-state index >= 15 is 0 Å². The molecule has 2 atom stereocenters. The van der Waals surface area contributed by atoms with Crippen molar-refractivity contribution >= 4 is 21.4 Å². The Labute approximate surface area is 174 Å². The van der Waals surface area contributed by atoms with Crippen molar-refractivity contribution in [2.45, 2.75) is 37.5 Å². The Morgan fingerprint density at radius 1 is 1.10 bits per heavy atom. The smallest absolute Gasteiger partial charge is 0.350 e. The maximum atomic E-state index is 12.9. The molecule has 1 saturated heterocycles. The van der Waals surface area contributed by atoms with Crippen molar-refractivity contribution < 1.29 is 13.2 Å². The van der Waals surface area contributed by atoms with Gasteiger partial charge < -0.3 is 10.1 Å². The summed E-state index contributed by atoms with van der Waals surface area (Å²) in [5.74, 6) is 0. The molecule has 30 heavy (non-hydrogen) atoms. The highest BCUT2D eigenvalue weighted by Gasteiger charge is 2.32. The molecule has 0 bridgehead atoms. The molecule has 2 unspecified atom stereocenters. The van der Waals surface area contributed by atoms with Gasteiger partial charge in [0.05, 0.1) is 23.6 Å². The van der Waals surface area contributed by atoms with Gasteiger partial charge in [0.1, 0.15) is 0 Å². The minimum atomic E-state index is -3.56. The van der Waals surface area contributed by atoms with Crippen LogP contribution in [0.2, 0.25) is 0 Å². The molecular weight excluding hydrogens is 406 g/mol. The lowest BCUT2D eigenvalue weighted by Crippen LogP contribution is -2.48. The van der Waals surface area contributed by atoms with Gasteiger partial charge in [-0.05, 0) is 50.2 Å². The fraction of sp³-hybridized carbons (Fsp3) is 0.400. The van der Waals surface area contributed by atoms with Crippen LogP contribution in [0.3, 0.4) is 0 Å². The molecule has 3 aromatic rings. The molecule has 3 heterocycles. The SMILES string of the molecule is CC1CN(S(=O)(=O)c2ccc(NCCn3nc4ccccn4c3=O)cc2)CC(C)O1.